The molecule has 0 radical (unpaired) electrons. The van der Waals surface area contributed by atoms with E-state index in [0.29, 0.717) is 11.3 Å². The molecule has 2 aromatic heterocycles. The lowest BCUT2D eigenvalue weighted by Crippen LogP contribution is -2.14. The smallest absolute Gasteiger partial charge is 0.433 e. The van der Waals surface area contributed by atoms with Crippen LogP contribution in [0, 0.1) is 11.3 Å². The Morgan fingerprint density at radius 1 is 0.931 bits per heavy atom. The molecular weight excluding hydrogens is 400 g/mol. The fourth-order valence-electron chi connectivity index (χ4n) is 2.77. The minimum Gasteiger partial charge on any atom is -0.497 e. The van der Waals surface area contributed by atoms with Crippen LogP contribution >= 0.6 is 0 Å². The van der Waals surface area contributed by atoms with Crippen molar-refractivity contribution in [2.75, 3.05) is 7.11 Å². The van der Waals surface area contributed by atoms with Gasteiger partial charge in [0, 0.05) is 5.39 Å². The molecule has 0 aliphatic rings. The zero-order valence-corrected chi connectivity index (χ0v) is 14.6. The first-order valence-corrected chi connectivity index (χ1v) is 8.04. The molecule has 2 heterocycles. The van der Waals surface area contributed by atoms with Gasteiger partial charge < -0.3 is 4.74 Å². The lowest BCUT2D eigenvalue weighted by atomic mass is 9.96. The van der Waals surface area contributed by atoms with Crippen LogP contribution in [0.25, 0.3) is 11.0 Å². The first kappa shape index (κ1) is 20.4. The van der Waals surface area contributed by atoms with Gasteiger partial charge in [-0.3, -0.25) is 0 Å². The molecule has 29 heavy (non-hydrogen) atoms. The summed E-state index contributed by atoms with van der Waals surface area (Å²) in [5.41, 5.74) is -3.52. The maximum atomic E-state index is 13.3. The van der Waals surface area contributed by atoms with E-state index >= 15 is 0 Å². The van der Waals surface area contributed by atoms with Crippen molar-refractivity contribution in [3.63, 3.8) is 0 Å². The number of benzene rings is 1. The van der Waals surface area contributed by atoms with Crippen molar-refractivity contribution in [2.24, 2.45) is 0 Å². The molecule has 1 unspecified atom stereocenters. The van der Waals surface area contributed by atoms with Crippen molar-refractivity contribution in [1.82, 2.24) is 9.97 Å². The van der Waals surface area contributed by atoms with Crippen LogP contribution in [0.5, 0.6) is 5.75 Å². The lowest BCUT2D eigenvalue weighted by molar-refractivity contribution is -0.144. The van der Waals surface area contributed by atoms with Gasteiger partial charge in [-0.15, -0.1) is 0 Å². The SMILES string of the molecule is COc1ccc(C(C#N)c2ccc3c(C(F)(F)F)cc(C(F)(F)F)nc3n2)cc1. The first-order valence-electron chi connectivity index (χ1n) is 8.04. The van der Waals surface area contributed by atoms with E-state index in [0.717, 1.165) is 6.07 Å². The van der Waals surface area contributed by atoms with Crippen LogP contribution in [0.4, 0.5) is 26.3 Å². The second kappa shape index (κ2) is 7.24. The normalized spacial score (nSPS) is 13.2. The maximum absolute atomic E-state index is 13.3. The van der Waals surface area contributed by atoms with Gasteiger partial charge in [0.1, 0.15) is 17.4 Å². The van der Waals surface area contributed by atoms with Gasteiger partial charge in [0.15, 0.2) is 5.65 Å². The van der Waals surface area contributed by atoms with Gasteiger partial charge in [0.25, 0.3) is 0 Å². The van der Waals surface area contributed by atoms with Crippen molar-refractivity contribution >= 4 is 11.0 Å². The van der Waals surface area contributed by atoms with E-state index in [-0.39, 0.29) is 11.8 Å². The molecule has 3 rings (SSSR count). The summed E-state index contributed by atoms with van der Waals surface area (Å²) in [6.07, 6.45) is -10.1. The highest BCUT2D eigenvalue weighted by molar-refractivity contribution is 5.80. The fraction of sp³-hybridized carbons (Fsp3) is 0.211. The third-order valence-corrected chi connectivity index (χ3v) is 4.16. The van der Waals surface area contributed by atoms with Crippen molar-refractivity contribution in [2.45, 2.75) is 18.3 Å². The second-order valence-corrected chi connectivity index (χ2v) is 5.99. The van der Waals surface area contributed by atoms with Crippen LogP contribution in [0.2, 0.25) is 0 Å². The zero-order chi connectivity index (χ0) is 21.4. The number of nitrogens with zero attached hydrogens (tertiary/aromatic N) is 3. The van der Waals surface area contributed by atoms with E-state index in [1.807, 2.05) is 6.07 Å². The number of hydrogen-bond acceptors (Lipinski definition) is 4. The van der Waals surface area contributed by atoms with E-state index in [1.165, 1.54) is 13.2 Å². The van der Waals surface area contributed by atoms with Crippen molar-refractivity contribution in [1.29, 1.82) is 5.26 Å². The molecule has 0 aliphatic heterocycles. The Balaban J connectivity index is 2.18. The number of nitriles is 1. The Bertz CT molecular complexity index is 1080. The highest BCUT2D eigenvalue weighted by Gasteiger charge is 2.39. The topological polar surface area (TPSA) is 58.8 Å². The molecule has 4 nitrogen and oxygen atoms in total. The Morgan fingerprint density at radius 2 is 1.59 bits per heavy atom. The van der Waals surface area contributed by atoms with Gasteiger partial charge in [-0.2, -0.15) is 31.6 Å². The summed E-state index contributed by atoms with van der Waals surface area (Å²) in [5, 5.41) is 8.91. The quantitative estimate of drug-likeness (QED) is 0.547. The Labute approximate surface area is 160 Å². The molecular formula is C19H11F6N3O. The van der Waals surface area contributed by atoms with E-state index in [4.69, 9.17) is 4.74 Å². The molecule has 150 valence electrons. The molecule has 0 saturated heterocycles. The number of aromatic nitrogens is 2. The van der Waals surface area contributed by atoms with Gasteiger partial charge in [-0.1, -0.05) is 12.1 Å². The summed E-state index contributed by atoms with van der Waals surface area (Å²) >= 11 is 0. The standard InChI is InChI=1S/C19H11F6N3O/c1-29-11-4-2-10(3-5-11)13(9-26)15-7-6-12-14(18(20,21)22)8-16(19(23,24)25)28-17(12)27-15/h2-8,13H,1H3. The van der Waals surface area contributed by atoms with Crippen LogP contribution in [-0.4, -0.2) is 17.1 Å². The van der Waals surface area contributed by atoms with Crippen molar-refractivity contribution in [3.05, 3.63) is 65.0 Å². The van der Waals surface area contributed by atoms with E-state index in [9.17, 15) is 31.6 Å². The van der Waals surface area contributed by atoms with Gasteiger partial charge >= 0.3 is 12.4 Å². The summed E-state index contributed by atoms with van der Waals surface area (Å²) in [7, 11) is 1.45. The molecule has 1 atom stereocenters. The molecule has 3 aromatic rings. The van der Waals surface area contributed by atoms with Crippen molar-refractivity contribution in [3.8, 4) is 11.8 Å². The Kier molecular flexibility index (Phi) is 5.09. The summed E-state index contributed by atoms with van der Waals surface area (Å²) in [6.45, 7) is 0. The molecule has 1 aromatic carbocycles. The van der Waals surface area contributed by atoms with Gasteiger partial charge in [0.05, 0.1) is 24.4 Å². The average Bonchev–Trinajstić information content (AvgIpc) is 2.66. The van der Waals surface area contributed by atoms with Crippen LogP contribution in [0.1, 0.15) is 28.4 Å². The number of ether oxygens (including phenoxy) is 1. The average molecular weight is 411 g/mol. The molecule has 10 heteroatoms. The van der Waals surface area contributed by atoms with E-state index < -0.39 is 40.6 Å². The molecule has 0 saturated carbocycles. The predicted octanol–water partition coefficient (Wildman–Crippen LogP) is 5.33. The zero-order valence-electron chi connectivity index (χ0n) is 14.6. The summed E-state index contributed by atoms with van der Waals surface area (Å²) in [6, 6.07) is 10.3. The molecule has 0 spiro atoms. The van der Waals surface area contributed by atoms with Crippen LogP contribution in [0.15, 0.2) is 42.5 Å². The van der Waals surface area contributed by atoms with Gasteiger partial charge in [-0.25, -0.2) is 9.97 Å². The molecule has 0 amide bonds. The van der Waals surface area contributed by atoms with Crippen molar-refractivity contribution < 1.29 is 31.1 Å². The van der Waals surface area contributed by atoms with Crippen LogP contribution in [-0.2, 0) is 12.4 Å². The largest absolute Gasteiger partial charge is 0.497 e. The molecule has 0 N–H and O–H groups in total. The summed E-state index contributed by atoms with van der Waals surface area (Å²) in [5.74, 6) is -0.501. The van der Waals surface area contributed by atoms with E-state index in [2.05, 4.69) is 9.97 Å². The number of rotatable bonds is 3. The number of methoxy groups -OCH3 is 1. The molecule has 0 aliphatic carbocycles. The summed E-state index contributed by atoms with van der Waals surface area (Å²) < 4.78 is 83.9. The van der Waals surface area contributed by atoms with Crippen LogP contribution in [0.3, 0.4) is 0 Å². The lowest BCUT2D eigenvalue weighted by Gasteiger charge is -2.15. The maximum Gasteiger partial charge on any atom is 0.433 e. The number of fused-ring (bicyclic) bond motifs is 1. The second-order valence-electron chi connectivity index (χ2n) is 5.99. The number of hydrogen-bond donors (Lipinski definition) is 0. The predicted molar refractivity (Wildman–Crippen MR) is 90.0 cm³/mol. The van der Waals surface area contributed by atoms with E-state index in [1.54, 1.807) is 24.3 Å². The third-order valence-electron chi connectivity index (χ3n) is 4.16. The molecule has 0 bridgehead atoms. The number of pyridine rings is 2. The highest BCUT2D eigenvalue weighted by atomic mass is 19.4. The first-order chi connectivity index (χ1) is 13.5. The highest BCUT2D eigenvalue weighted by Crippen LogP contribution is 2.38. The Hall–Kier alpha value is -3.35. The fourth-order valence-corrected chi connectivity index (χ4v) is 2.77. The third kappa shape index (κ3) is 4.08. The summed E-state index contributed by atoms with van der Waals surface area (Å²) in [4.78, 5) is 7.10. The Morgan fingerprint density at radius 3 is 2.10 bits per heavy atom. The number of alkyl halides is 6. The minimum atomic E-state index is -5.09. The number of halogens is 6. The van der Waals surface area contributed by atoms with Crippen LogP contribution < -0.4 is 4.74 Å². The van der Waals surface area contributed by atoms with Gasteiger partial charge in [0.2, 0.25) is 0 Å². The minimum absolute atomic E-state index is 0.0230. The molecule has 0 fully saturated rings. The van der Waals surface area contributed by atoms with Gasteiger partial charge in [-0.05, 0) is 35.9 Å². The monoisotopic (exact) mass is 411 g/mol.